The van der Waals surface area contributed by atoms with Crippen LogP contribution in [0.4, 0.5) is 0 Å². The minimum atomic E-state index is 0. The fourth-order valence-corrected chi connectivity index (χ4v) is 3.07. The molecule has 7 nitrogen and oxygen atoms in total. The maximum Gasteiger partial charge on any atom is 0.228 e. The van der Waals surface area contributed by atoms with Gasteiger partial charge in [-0.05, 0) is 30.7 Å². The monoisotopic (exact) mass is 505 g/mol. The zero-order chi connectivity index (χ0) is 18.4. The van der Waals surface area contributed by atoms with Crippen LogP contribution in [0, 0.1) is 5.92 Å². The van der Waals surface area contributed by atoms with E-state index in [4.69, 9.17) is 20.9 Å². The number of hydrogen-bond acceptors (Lipinski definition) is 5. The Morgan fingerprint density at radius 1 is 1.37 bits per heavy atom. The van der Waals surface area contributed by atoms with Gasteiger partial charge in [-0.2, -0.15) is 4.98 Å². The second-order valence-corrected chi connectivity index (χ2v) is 6.79. The summed E-state index contributed by atoms with van der Waals surface area (Å²) in [5.74, 6) is 2.58. The normalized spacial score (nSPS) is 16.9. The van der Waals surface area contributed by atoms with Crippen LogP contribution in [-0.2, 0) is 11.2 Å². The fourth-order valence-electron chi connectivity index (χ4n) is 2.94. The Kier molecular flexibility index (Phi) is 8.78. The van der Waals surface area contributed by atoms with Crippen LogP contribution in [0.25, 0.3) is 11.4 Å². The molecule has 1 fully saturated rings. The SMILES string of the molecule is CN=C(NCCc1nc(-c2ccc(Cl)cc2)no1)N(C)CC1CCOC1.I. The molecular formula is C18H25ClIN5O2. The Morgan fingerprint density at radius 3 is 2.81 bits per heavy atom. The lowest BCUT2D eigenvalue weighted by atomic mass is 10.1. The Balaban J connectivity index is 0.00000261. The molecule has 0 amide bonds. The third kappa shape index (κ3) is 6.32. The molecule has 1 N–H and O–H groups in total. The number of hydrogen-bond donors (Lipinski definition) is 1. The van der Waals surface area contributed by atoms with Gasteiger partial charge in [-0.1, -0.05) is 16.8 Å². The number of nitrogens with one attached hydrogen (secondary N) is 1. The third-order valence-electron chi connectivity index (χ3n) is 4.32. The third-order valence-corrected chi connectivity index (χ3v) is 4.57. The lowest BCUT2D eigenvalue weighted by molar-refractivity contribution is 0.181. The zero-order valence-electron chi connectivity index (χ0n) is 15.5. The van der Waals surface area contributed by atoms with Crippen molar-refractivity contribution in [1.29, 1.82) is 0 Å². The summed E-state index contributed by atoms with van der Waals surface area (Å²) in [7, 11) is 3.83. The van der Waals surface area contributed by atoms with Gasteiger partial charge >= 0.3 is 0 Å². The van der Waals surface area contributed by atoms with E-state index < -0.39 is 0 Å². The van der Waals surface area contributed by atoms with Gasteiger partial charge in [0.25, 0.3) is 0 Å². The van der Waals surface area contributed by atoms with Crippen LogP contribution in [-0.4, -0.2) is 61.4 Å². The Hall–Kier alpha value is -1.39. The molecule has 1 aromatic heterocycles. The van der Waals surface area contributed by atoms with Crippen LogP contribution in [0.15, 0.2) is 33.8 Å². The smallest absolute Gasteiger partial charge is 0.228 e. The summed E-state index contributed by atoms with van der Waals surface area (Å²) in [5, 5.41) is 8.05. The van der Waals surface area contributed by atoms with Crippen LogP contribution in [0.3, 0.4) is 0 Å². The first-order chi connectivity index (χ1) is 12.7. The molecule has 0 aliphatic carbocycles. The quantitative estimate of drug-likeness (QED) is 0.369. The molecule has 2 heterocycles. The van der Waals surface area contributed by atoms with Gasteiger partial charge in [0.05, 0.1) is 6.61 Å². The van der Waals surface area contributed by atoms with Crippen LogP contribution >= 0.6 is 35.6 Å². The number of ether oxygens (including phenoxy) is 1. The van der Waals surface area contributed by atoms with Crippen molar-refractivity contribution in [3.8, 4) is 11.4 Å². The first kappa shape index (κ1) is 21.9. The van der Waals surface area contributed by atoms with Gasteiger partial charge in [-0.25, -0.2) is 0 Å². The van der Waals surface area contributed by atoms with Crippen LogP contribution in [0.2, 0.25) is 5.02 Å². The number of benzene rings is 1. The molecule has 1 saturated heterocycles. The highest BCUT2D eigenvalue weighted by Crippen LogP contribution is 2.18. The van der Waals surface area contributed by atoms with Gasteiger partial charge in [0.15, 0.2) is 5.96 Å². The standard InChI is InChI=1S/C18H24ClN5O2.HI/c1-20-18(24(2)11-13-8-10-25-12-13)21-9-7-16-22-17(23-26-16)14-3-5-15(19)6-4-14;/h3-6,13H,7-12H2,1-2H3,(H,20,21);1H. The molecule has 3 rings (SSSR count). The molecule has 0 radical (unpaired) electrons. The molecule has 27 heavy (non-hydrogen) atoms. The van der Waals surface area contributed by atoms with Crippen molar-refractivity contribution in [1.82, 2.24) is 20.4 Å². The number of nitrogens with zero attached hydrogens (tertiary/aromatic N) is 4. The number of rotatable bonds is 6. The summed E-state index contributed by atoms with van der Waals surface area (Å²) in [5.41, 5.74) is 0.881. The maximum absolute atomic E-state index is 5.90. The molecule has 9 heteroatoms. The average molecular weight is 506 g/mol. The largest absolute Gasteiger partial charge is 0.381 e. The van der Waals surface area contributed by atoms with E-state index in [0.717, 1.165) is 37.7 Å². The van der Waals surface area contributed by atoms with Crippen molar-refractivity contribution in [3.63, 3.8) is 0 Å². The minimum Gasteiger partial charge on any atom is -0.381 e. The molecule has 1 aliphatic heterocycles. The van der Waals surface area contributed by atoms with Crippen molar-refractivity contribution in [3.05, 3.63) is 35.2 Å². The van der Waals surface area contributed by atoms with E-state index in [1.54, 1.807) is 7.05 Å². The van der Waals surface area contributed by atoms with Crippen molar-refractivity contribution in [2.75, 3.05) is 40.4 Å². The Bertz CT molecular complexity index is 732. The molecule has 2 aromatic rings. The summed E-state index contributed by atoms with van der Waals surface area (Å²) in [6.07, 6.45) is 1.73. The van der Waals surface area contributed by atoms with Crippen LogP contribution < -0.4 is 5.32 Å². The van der Waals surface area contributed by atoms with E-state index in [-0.39, 0.29) is 24.0 Å². The highest BCUT2D eigenvalue weighted by molar-refractivity contribution is 14.0. The van der Waals surface area contributed by atoms with Gasteiger partial charge < -0.3 is 19.5 Å². The number of aromatic nitrogens is 2. The second kappa shape index (κ2) is 10.8. The van der Waals surface area contributed by atoms with E-state index in [9.17, 15) is 0 Å². The lowest BCUT2D eigenvalue weighted by Crippen LogP contribution is -2.42. The van der Waals surface area contributed by atoms with E-state index in [1.807, 2.05) is 31.3 Å². The van der Waals surface area contributed by atoms with Gasteiger partial charge in [0.2, 0.25) is 11.7 Å². The van der Waals surface area contributed by atoms with E-state index >= 15 is 0 Å². The summed E-state index contributed by atoms with van der Waals surface area (Å²) in [6.45, 7) is 3.29. The summed E-state index contributed by atoms with van der Waals surface area (Å²) in [4.78, 5) is 10.9. The van der Waals surface area contributed by atoms with Crippen molar-refractivity contribution in [2.24, 2.45) is 10.9 Å². The Labute approximate surface area is 181 Å². The molecule has 0 bridgehead atoms. The van der Waals surface area contributed by atoms with E-state index in [0.29, 0.717) is 35.6 Å². The summed E-state index contributed by atoms with van der Waals surface area (Å²) < 4.78 is 10.8. The second-order valence-electron chi connectivity index (χ2n) is 6.35. The summed E-state index contributed by atoms with van der Waals surface area (Å²) in [6, 6.07) is 7.37. The first-order valence-electron chi connectivity index (χ1n) is 8.73. The molecule has 1 aliphatic rings. The van der Waals surface area contributed by atoms with Crippen molar-refractivity contribution in [2.45, 2.75) is 12.8 Å². The number of halogens is 2. The van der Waals surface area contributed by atoms with Gasteiger partial charge in [0.1, 0.15) is 0 Å². The van der Waals surface area contributed by atoms with Crippen LogP contribution in [0.5, 0.6) is 0 Å². The maximum atomic E-state index is 5.90. The lowest BCUT2D eigenvalue weighted by Gasteiger charge is -2.24. The Morgan fingerprint density at radius 2 is 2.15 bits per heavy atom. The van der Waals surface area contributed by atoms with Crippen molar-refractivity contribution >= 4 is 41.5 Å². The van der Waals surface area contributed by atoms with Crippen LogP contribution in [0.1, 0.15) is 12.3 Å². The number of guanidine groups is 1. The average Bonchev–Trinajstić information content (AvgIpc) is 3.31. The number of aliphatic imine (C=N–C) groups is 1. The van der Waals surface area contributed by atoms with Crippen molar-refractivity contribution < 1.29 is 9.26 Å². The topological polar surface area (TPSA) is 75.8 Å². The summed E-state index contributed by atoms with van der Waals surface area (Å²) >= 11 is 5.90. The predicted molar refractivity (Wildman–Crippen MR) is 117 cm³/mol. The van der Waals surface area contributed by atoms with Gasteiger partial charge in [0, 0.05) is 56.7 Å². The molecule has 1 unspecified atom stereocenters. The zero-order valence-corrected chi connectivity index (χ0v) is 18.6. The minimum absolute atomic E-state index is 0. The highest BCUT2D eigenvalue weighted by Gasteiger charge is 2.19. The molecular weight excluding hydrogens is 481 g/mol. The van der Waals surface area contributed by atoms with Gasteiger partial charge in [-0.15, -0.1) is 24.0 Å². The van der Waals surface area contributed by atoms with Gasteiger partial charge in [-0.3, -0.25) is 4.99 Å². The highest BCUT2D eigenvalue weighted by atomic mass is 127. The van der Waals surface area contributed by atoms with E-state index in [1.165, 1.54) is 0 Å². The predicted octanol–water partition coefficient (Wildman–Crippen LogP) is 3.09. The fraction of sp³-hybridized carbons (Fsp3) is 0.500. The molecule has 1 atom stereocenters. The molecule has 0 saturated carbocycles. The van der Waals surface area contributed by atoms with E-state index in [2.05, 4.69) is 25.3 Å². The molecule has 0 spiro atoms. The molecule has 148 valence electrons. The molecule has 1 aromatic carbocycles. The first-order valence-corrected chi connectivity index (χ1v) is 9.11.